The van der Waals surface area contributed by atoms with Crippen LogP contribution in [-0.2, 0) is 10.0 Å². The number of hydrogen-bond donors (Lipinski definition) is 2. The van der Waals surface area contributed by atoms with Crippen LogP contribution in [0.25, 0.3) is 0 Å². The monoisotopic (exact) mass is 464 g/mol. The number of carbonyl (C=O) groups is 1. The maximum absolute atomic E-state index is 12.5. The number of hydrogen-bond acceptors (Lipinski definition) is 3. The van der Waals surface area contributed by atoms with Gasteiger partial charge in [-0.05, 0) is 50.2 Å². The molecule has 0 aliphatic rings. The maximum Gasteiger partial charge on any atom is 0.257 e. The highest BCUT2D eigenvalue weighted by atomic mass is 79.9. The third-order valence-corrected chi connectivity index (χ3v) is 6.01. The van der Waals surface area contributed by atoms with Gasteiger partial charge in [0.2, 0.25) is 10.0 Å². The Bertz CT molecular complexity index is 900. The third kappa shape index (κ3) is 5.18. The van der Waals surface area contributed by atoms with Crippen LogP contribution in [0.1, 0.15) is 24.2 Å². The number of rotatable bonds is 5. The molecule has 1 amide bonds. The molecule has 0 aliphatic heterocycles. The van der Waals surface area contributed by atoms with E-state index in [-0.39, 0.29) is 26.5 Å². The Labute approximate surface area is 164 Å². The fourth-order valence-electron chi connectivity index (χ4n) is 2.01. The summed E-state index contributed by atoms with van der Waals surface area (Å²) in [6, 6.07) is 9.02. The largest absolute Gasteiger partial charge is 0.322 e. The zero-order valence-electron chi connectivity index (χ0n) is 13.3. The van der Waals surface area contributed by atoms with Crippen molar-refractivity contribution in [3.05, 3.63) is 56.5 Å². The Hall–Kier alpha value is -1.12. The summed E-state index contributed by atoms with van der Waals surface area (Å²) in [6.07, 6.45) is 0. The first-order chi connectivity index (χ1) is 11.6. The van der Waals surface area contributed by atoms with E-state index in [1.165, 1.54) is 12.1 Å². The standard InChI is InChI=1S/C16H15BrCl2N2O3S/c1-9(2)21-25(23,24)15-7-12(13(18)8-14(15)19)16(22)20-11-5-3-10(17)4-6-11/h3-9,21H,1-2H3,(H,20,22). The zero-order chi connectivity index (χ0) is 18.8. The molecule has 0 aliphatic carbocycles. The van der Waals surface area contributed by atoms with Gasteiger partial charge in [0.15, 0.2) is 0 Å². The average molecular weight is 466 g/mol. The molecule has 0 heterocycles. The summed E-state index contributed by atoms with van der Waals surface area (Å²) >= 11 is 15.4. The van der Waals surface area contributed by atoms with E-state index in [9.17, 15) is 13.2 Å². The minimum Gasteiger partial charge on any atom is -0.322 e. The van der Waals surface area contributed by atoms with Crippen molar-refractivity contribution in [3.8, 4) is 0 Å². The maximum atomic E-state index is 12.5. The Morgan fingerprint density at radius 1 is 1.08 bits per heavy atom. The van der Waals surface area contributed by atoms with Crippen molar-refractivity contribution >= 4 is 60.7 Å². The summed E-state index contributed by atoms with van der Waals surface area (Å²) in [7, 11) is -3.87. The van der Waals surface area contributed by atoms with Crippen molar-refractivity contribution in [3.63, 3.8) is 0 Å². The summed E-state index contributed by atoms with van der Waals surface area (Å²) in [5.74, 6) is -0.537. The highest BCUT2D eigenvalue weighted by Gasteiger charge is 2.23. The second-order valence-corrected chi connectivity index (χ2v) is 8.91. The molecule has 134 valence electrons. The third-order valence-electron chi connectivity index (χ3n) is 3.05. The van der Waals surface area contributed by atoms with E-state index in [0.717, 1.165) is 4.47 Å². The van der Waals surface area contributed by atoms with Crippen LogP contribution in [0.2, 0.25) is 10.0 Å². The number of amides is 1. The van der Waals surface area contributed by atoms with Gasteiger partial charge < -0.3 is 5.32 Å². The topological polar surface area (TPSA) is 75.3 Å². The second kappa shape index (κ2) is 8.05. The Balaban J connectivity index is 2.39. The molecule has 0 saturated carbocycles. The quantitative estimate of drug-likeness (QED) is 0.672. The highest BCUT2D eigenvalue weighted by Crippen LogP contribution is 2.29. The molecular weight excluding hydrogens is 451 g/mol. The number of anilines is 1. The average Bonchev–Trinajstić information content (AvgIpc) is 2.47. The van der Waals surface area contributed by atoms with Crippen molar-refractivity contribution in [1.82, 2.24) is 4.72 Å². The first kappa shape index (κ1) is 20.2. The van der Waals surface area contributed by atoms with Gasteiger partial charge in [-0.25, -0.2) is 13.1 Å². The van der Waals surface area contributed by atoms with E-state index in [0.29, 0.717) is 5.69 Å². The molecule has 2 aromatic rings. The smallest absolute Gasteiger partial charge is 0.257 e. The van der Waals surface area contributed by atoms with E-state index in [2.05, 4.69) is 26.0 Å². The first-order valence-corrected chi connectivity index (χ1v) is 10.2. The second-order valence-electron chi connectivity index (χ2n) is 5.50. The fourth-order valence-corrected chi connectivity index (χ4v) is 4.39. The number of sulfonamides is 1. The van der Waals surface area contributed by atoms with Crippen molar-refractivity contribution in [2.75, 3.05) is 5.32 Å². The minimum absolute atomic E-state index is 0.0121. The van der Waals surface area contributed by atoms with Gasteiger partial charge >= 0.3 is 0 Å². The molecule has 2 aromatic carbocycles. The SMILES string of the molecule is CC(C)NS(=O)(=O)c1cc(C(=O)Nc2ccc(Br)cc2)c(Cl)cc1Cl. The van der Waals surface area contributed by atoms with Gasteiger partial charge in [-0.2, -0.15) is 0 Å². The molecule has 2 rings (SSSR count). The van der Waals surface area contributed by atoms with Crippen LogP contribution in [0.3, 0.4) is 0 Å². The lowest BCUT2D eigenvalue weighted by Gasteiger charge is -2.13. The van der Waals surface area contributed by atoms with Crippen LogP contribution in [0.5, 0.6) is 0 Å². The molecule has 9 heteroatoms. The van der Waals surface area contributed by atoms with E-state index >= 15 is 0 Å². The summed E-state index contributed by atoms with van der Waals surface area (Å²) in [5, 5.41) is 2.66. The lowest BCUT2D eigenvalue weighted by molar-refractivity contribution is 0.102. The molecule has 2 N–H and O–H groups in total. The van der Waals surface area contributed by atoms with Gasteiger partial charge in [-0.3, -0.25) is 4.79 Å². The summed E-state index contributed by atoms with van der Waals surface area (Å²) in [5.41, 5.74) is 0.557. The van der Waals surface area contributed by atoms with Gasteiger partial charge in [0.05, 0.1) is 15.6 Å². The molecule has 0 spiro atoms. The van der Waals surface area contributed by atoms with E-state index in [1.807, 2.05) is 0 Å². The molecule has 0 saturated heterocycles. The van der Waals surface area contributed by atoms with Gasteiger partial charge in [-0.15, -0.1) is 0 Å². The molecule has 0 unspecified atom stereocenters. The number of carbonyl (C=O) groups excluding carboxylic acids is 1. The zero-order valence-corrected chi connectivity index (χ0v) is 17.2. The lowest BCUT2D eigenvalue weighted by Crippen LogP contribution is -2.30. The van der Waals surface area contributed by atoms with Crippen molar-refractivity contribution in [2.45, 2.75) is 24.8 Å². The van der Waals surface area contributed by atoms with Crippen molar-refractivity contribution < 1.29 is 13.2 Å². The predicted octanol–water partition coefficient (Wildman–Crippen LogP) is 4.69. The Kier molecular flexibility index (Phi) is 6.51. The minimum atomic E-state index is -3.87. The lowest BCUT2D eigenvalue weighted by atomic mass is 10.2. The normalized spacial score (nSPS) is 11.6. The van der Waals surface area contributed by atoms with E-state index in [1.54, 1.807) is 38.1 Å². The Morgan fingerprint density at radius 3 is 2.24 bits per heavy atom. The number of benzene rings is 2. The number of nitrogens with one attached hydrogen (secondary N) is 2. The van der Waals surface area contributed by atoms with Crippen molar-refractivity contribution in [1.29, 1.82) is 0 Å². The Morgan fingerprint density at radius 2 is 1.68 bits per heavy atom. The van der Waals surface area contributed by atoms with Gasteiger partial charge in [0.1, 0.15) is 4.90 Å². The molecular formula is C16H15BrCl2N2O3S. The van der Waals surface area contributed by atoms with E-state index in [4.69, 9.17) is 23.2 Å². The molecule has 0 atom stereocenters. The van der Waals surface area contributed by atoms with Crippen LogP contribution >= 0.6 is 39.1 Å². The van der Waals surface area contributed by atoms with Gasteiger partial charge in [0, 0.05) is 16.2 Å². The fraction of sp³-hybridized carbons (Fsp3) is 0.188. The highest BCUT2D eigenvalue weighted by molar-refractivity contribution is 9.10. The summed E-state index contributed by atoms with van der Waals surface area (Å²) in [6.45, 7) is 3.37. The summed E-state index contributed by atoms with van der Waals surface area (Å²) in [4.78, 5) is 12.3. The van der Waals surface area contributed by atoms with Crippen LogP contribution in [0, 0.1) is 0 Å². The van der Waals surface area contributed by atoms with Crippen LogP contribution in [0.15, 0.2) is 45.8 Å². The van der Waals surface area contributed by atoms with E-state index < -0.39 is 15.9 Å². The molecule has 0 aromatic heterocycles. The van der Waals surface area contributed by atoms with Crippen LogP contribution < -0.4 is 10.0 Å². The number of halogens is 3. The van der Waals surface area contributed by atoms with Gasteiger partial charge in [0.25, 0.3) is 5.91 Å². The molecule has 0 fully saturated rings. The van der Waals surface area contributed by atoms with Gasteiger partial charge in [-0.1, -0.05) is 39.1 Å². The van der Waals surface area contributed by atoms with Crippen LogP contribution in [0.4, 0.5) is 5.69 Å². The molecule has 0 bridgehead atoms. The van der Waals surface area contributed by atoms with Crippen LogP contribution in [-0.4, -0.2) is 20.4 Å². The molecule has 25 heavy (non-hydrogen) atoms. The molecule has 0 radical (unpaired) electrons. The van der Waals surface area contributed by atoms with Crippen molar-refractivity contribution in [2.24, 2.45) is 0 Å². The first-order valence-electron chi connectivity index (χ1n) is 7.18. The predicted molar refractivity (Wildman–Crippen MR) is 104 cm³/mol. The molecule has 5 nitrogen and oxygen atoms in total. The summed E-state index contributed by atoms with van der Waals surface area (Å²) < 4.78 is 28.0.